The average molecular weight is 432 g/mol. The molecule has 0 bridgehead atoms. The second-order valence-electron chi connectivity index (χ2n) is 6.36. The second-order valence-corrected chi connectivity index (χ2v) is 8.04. The molecule has 0 fully saturated rings. The van der Waals surface area contributed by atoms with Crippen LogP contribution in [0.25, 0.3) is 0 Å². The number of alkyl halides is 2. The van der Waals surface area contributed by atoms with Gasteiger partial charge in [0, 0.05) is 16.9 Å². The third kappa shape index (κ3) is 5.54. The maximum absolute atomic E-state index is 12.5. The number of carbonyl (C=O) groups is 1. The topological polar surface area (TPSA) is 84.5 Å². The largest absolute Gasteiger partial charge is 0.435 e. The standard InChI is InChI=1S/C21H18F2N2O4S/c1-14-5-11-19(12-6-14)30(27,28)25-17-4-2-3-15(13-17)20(26)24-16-7-9-18(10-8-16)29-21(22)23/h2-13,21,25H,1H3,(H,24,26). The average Bonchev–Trinajstić information content (AvgIpc) is 2.69. The van der Waals surface area contributed by atoms with Crippen molar-refractivity contribution in [3.05, 3.63) is 83.9 Å². The van der Waals surface area contributed by atoms with Crippen molar-refractivity contribution < 1.29 is 26.7 Å². The van der Waals surface area contributed by atoms with Crippen molar-refractivity contribution >= 4 is 27.3 Å². The van der Waals surface area contributed by atoms with Crippen molar-refractivity contribution in [2.24, 2.45) is 0 Å². The second kappa shape index (κ2) is 8.91. The highest BCUT2D eigenvalue weighted by Crippen LogP contribution is 2.20. The third-order valence-corrected chi connectivity index (χ3v) is 5.44. The van der Waals surface area contributed by atoms with Gasteiger partial charge in [0.25, 0.3) is 15.9 Å². The Hall–Kier alpha value is -3.46. The first kappa shape index (κ1) is 21.3. The maximum Gasteiger partial charge on any atom is 0.387 e. The first-order valence-electron chi connectivity index (χ1n) is 8.79. The van der Waals surface area contributed by atoms with Gasteiger partial charge in [0.15, 0.2) is 0 Å². The summed E-state index contributed by atoms with van der Waals surface area (Å²) in [6.45, 7) is -1.08. The van der Waals surface area contributed by atoms with E-state index in [1.807, 2.05) is 6.92 Å². The summed E-state index contributed by atoms with van der Waals surface area (Å²) in [6, 6.07) is 17.8. The Kier molecular flexibility index (Phi) is 6.31. The number of nitrogens with one attached hydrogen (secondary N) is 2. The molecule has 6 nitrogen and oxygen atoms in total. The third-order valence-electron chi connectivity index (χ3n) is 4.05. The molecule has 1 amide bonds. The number of amides is 1. The van der Waals surface area contributed by atoms with Crippen LogP contribution in [0.3, 0.4) is 0 Å². The predicted octanol–water partition coefficient (Wildman–Crippen LogP) is 4.65. The van der Waals surface area contributed by atoms with Gasteiger partial charge in [-0.2, -0.15) is 8.78 Å². The lowest BCUT2D eigenvalue weighted by Gasteiger charge is -2.11. The van der Waals surface area contributed by atoms with E-state index in [0.717, 1.165) is 5.56 Å². The molecule has 2 N–H and O–H groups in total. The Morgan fingerprint density at radius 3 is 2.23 bits per heavy atom. The number of halogens is 2. The SMILES string of the molecule is Cc1ccc(S(=O)(=O)Nc2cccc(C(=O)Nc3ccc(OC(F)F)cc3)c2)cc1. The van der Waals surface area contributed by atoms with Crippen LogP contribution >= 0.6 is 0 Å². The highest BCUT2D eigenvalue weighted by Gasteiger charge is 2.15. The fourth-order valence-electron chi connectivity index (χ4n) is 2.58. The summed E-state index contributed by atoms with van der Waals surface area (Å²) in [4.78, 5) is 12.6. The number of aryl methyl sites for hydroxylation is 1. The van der Waals surface area contributed by atoms with Crippen LogP contribution in [0.2, 0.25) is 0 Å². The van der Waals surface area contributed by atoms with Crippen LogP contribution in [-0.2, 0) is 10.0 Å². The summed E-state index contributed by atoms with van der Waals surface area (Å²) in [5.41, 5.74) is 1.74. The lowest BCUT2D eigenvalue weighted by molar-refractivity contribution is -0.0498. The highest BCUT2D eigenvalue weighted by atomic mass is 32.2. The fraction of sp³-hybridized carbons (Fsp3) is 0.0952. The lowest BCUT2D eigenvalue weighted by Crippen LogP contribution is -2.15. The summed E-state index contributed by atoms with van der Waals surface area (Å²) in [5.74, 6) is -0.524. The minimum atomic E-state index is -3.80. The van der Waals surface area contributed by atoms with Gasteiger partial charge in [-0.15, -0.1) is 0 Å². The molecule has 156 valence electrons. The summed E-state index contributed by atoms with van der Waals surface area (Å²) in [7, 11) is -3.80. The molecular weight excluding hydrogens is 414 g/mol. The molecule has 0 aliphatic carbocycles. The molecule has 9 heteroatoms. The van der Waals surface area contributed by atoms with Crippen molar-refractivity contribution in [2.75, 3.05) is 10.0 Å². The van der Waals surface area contributed by atoms with Gasteiger partial charge in [-0.1, -0.05) is 23.8 Å². The van der Waals surface area contributed by atoms with Gasteiger partial charge in [0.1, 0.15) is 5.75 Å². The van der Waals surface area contributed by atoms with Crippen molar-refractivity contribution in [3.63, 3.8) is 0 Å². The zero-order valence-corrected chi connectivity index (χ0v) is 16.6. The molecule has 0 saturated heterocycles. The van der Waals surface area contributed by atoms with E-state index in [4.69, 9.17) is 0 Å². The normalized spacial score (nSPS) is 11.2. The Bertz CT molecular complexity index is 1130. The van der Waals surface area contributed by atoms with Gasteiger partial charge >= 0.3 is 6.61 Å². The Labute approximate surface area is 172 Å². The maximum atomic E-state index is 12.5. The van der Waals surface area contributed by atoms with Crippen LogP contribution < -0.4 is 14.8 Å². The van der Waals surface area contributed by atoms with Gasteiger partial charge < -0.3 is 10.1 Å². The van der Waals surface area contributed by atoms with Crippen molar-refractivity contribution in [2.45, 2.75) is 18.4 Å². The number of rotatable bonds is 7. The van der Waals surface area contributed by atoms with Gasteiger partial charge in [-0.3, -0.25) is 9.52 Å². The Morgan fingerprint density at radius 2 is 1.60 bits per heavy atom. The van der Waals surface area contributed by atoms with E-state index in [0.29, 0.717) is 5.69 Å². The van der Waals surface area contributed by atoms with E-state index in [-0.39, 0.29) is 21.9 Å². The van der Waals surface area contributed by atoms with E-state index in [1.165, 1.54) is 54.6 Å². The first-order chi connectivity index (χ1) is 14.2. The molecule has 0 unspecified atom stereocenters. The minimum Gasteiger partial charge on any atom is -0.435 e. The van der Waals surface area contributed by atoms with Gasteiger partial charge in [-0.05, 0) is 61.5 Å². The van der Waals surface area contributed by atoms with Gasteiger partial charge in [-0.25, -0.2) is 8.42 Å². The number of hydrogen-bond acceptors (Lipinski definition) is 4. The minimum absolute atomic E-state index is 0.0319. The van der Waals surface area contributed by atoms with Crippen LogP contribution in [0.5, 0.6) is 5.75 Å². The Balaban J connectivity index is 1.71. The molecule has 30 heavy (non-hydrogen) atoms. The zero-order valence-electron chi connectivity index (χ0n) is 15.8. The molecule has 0 radical (unpaired) electrons. The number of anilines is 2. The smallest absolute Gasteiger partial charge is 0.387 e. The quantitative estimate of drug-likeness (QED) is 0.569. The molecule has 0 heterocycles. The van der Waals surface area contributed by atoms with Crippen LogP contribution in [0, 0.1) is 6.92 Å². The van der Waals surface area contributed by atoms with E-state index < -0.39 is 22.5 Å². The number of hydrogen-bond donors (Lipinski definition) is 2. The number of benzene rings is 3. The van der Waals surface area contributed by atoms with Crippen LogP contribution in [0.1, 0.15) is 15.9 Å². The molecule has 0 saturated carbocycles. The number of sulfonamides is 1. The van der Waals surface area contributed by atoms with E-state index >= 15 is 0 Å². The molecule has 0 aromatic heterocycles. The van der Waals surface area contributed by atoms with Crippen molar-refractivity contribution in [1.82, 2.24) is 0 Å². The number of carbonyl (C=O) groups excluding carboxylic acids is 1. The molecule has 0 spiro atoms. The van der Waals surface area contributed by atoms with Gasteiger partial charge in [0.05, 0.1) is 4.90 Å². The van der Waals surface area contributed by atoms with Crippen molar-refractivity contribution in [1.29, 1.82) is 0 Å². The Morgan fingerprint density at radius 1 is 0.933 bits per heavy atom. The molecule has 0 aliphatic heterocycles. The summed E-state index contributed by atoms with van der Waals surface area (Å²) >= 11 is 0. The molecule has 3 rings (SSSR count). The molecule has 0 aliphatic rings. The van der Waals surface area contributed by atoms with E-state index in [9.17, 15) is 22.0 Å². The van der Waals surface area contributed by atoms with Crippen LogP contribution in [0.4, 0.5) is 20.2 Å². The monoisotopic (exact) mass is 432 g/mol. The fourth-order valence-corrected chi connectivity index (χ4v) is 3.63. The van der Waals surface area contributed by atoms with Crippen LogP contribution in [0.15, 0.2) is 77.7 Å². The summed E-state index contributed by atoms with van der Waals surface area (Å²) in [6.07, 6.45) is 0. The predicted molar refractivity (Wildman–Crippen MR) is 109 cm³/mol. The lowest BCUT2D eigenvalue weighted by atomic mass is 10.2. The van der Waals surface area contributed by atoms with E-state index in [2.05, 4.69) is 14.8 Å². The molecule has 3 aromatic carbocycles. The van der Waals surface area contributed by atoms with Crippen LogP contribution in [-0.4, -0.2) is 20.9 Å². The number of ether oxygens (including phenoxy) is 1. The molecule has 3 aromatic rings. The molecular formula is C21H18F2N2O4S. The van der Waals surface area contributed by atoms with Gasteiger partial charge in [0.2, 0.25) is 0 Å². The molecule has 0 atom stereocenters. The van der Waals surface area contributed by atoms with E-state index in [1.54, 1.807) is 18.2 Å². The van der Waals surface area contributed by atoms with Crippen molar-refractivity contribution in [3.8, 4) is 5.75 Å². The zero-order chi connectivity index (χ0) is 21.7. The first-order valence-corrected chi connectivity index (χ1v) is 10.3. The summed E-state index contributed by atoms with van der Waals surface area (Å²) in [5, 5.41) is 2.61. The summed E-state index contributed by atoms with van der Waals surface area (Å²) < 4.78 is 56.1. The highest BCUT2D eigenvalue weighted by molar-refractivity contribution is 7.92.